The van der Waals surface area contributed by atoms with Gasteiger partial charge in [-0.3, -0.25) is 0 Å². The summed E-state index contributed by atoms with van der Waals surface area (Å²) in [7, 11) is 0. The highest BCUT2D eigenvalue weighted by atomic mass is 16.5. The van der Waals surface area contributed by atoms with Gasteiger partial charge in [-0.05, 0) is 25.2 Å². The summed E-state index contributed by atoms with van der Waals surface area (Å²) in [6.45, 7) is 4.39. The molecule has 2 N–H and O–H groups in total. The fraction of sp³-hybridized carbons (Fsp3) is 0.727. The van der Waals surface area contributed by atoms with Crippen LogP contribution in [-0.2, 0) is 6.42 Å². The van der Waals surface area contributed by atoms with E-state index in [0.29, 0.717) is 17.7 Å². The first kappa shape index (κ1) is 9.56. The minimum atomic E-state index is 0.551. The fourth-order valence-corrected chi connectivity index (χ4v) is 2.52. The molecule has 0 bridgehead atoms. The number of nitrogens with two attached hydrogens (primary N) is 1. The van der Waals surface area contributed by atoms with Gasteiger partial charge in [0, 0.05) is 11.5 Å². The van der Waals surface area contributed by atoms with E-state index < -0.39 is 0 Å². The molecule has 14 heavy (non-hydrogen) atoms. The van der Waals surface area contributed by atoms with Crippen molar-refractivity contribution in [3.63, 3.8) is 0 Å². The lowest BCUT2D eigenvalue weighted by atomic mass is 9.92. The molecule has 78 valence electrons. The number of aromatic nitrogens is 1. The SMILES string of the molecule is CCc1c(N)noc1C1CCCC1C. The van der Waals surface area contributed by atoms with E-state index in [0.717, 1.165) is 17.7 Å². The second kappa shape index (κ2) is 3.64. The largest absolute Gasteiger partial charge is 0.381 e. The molecule has 1 heterocycles. The molecule has 1 aliphatic rings. The summed E-state index contributed by atoms with van der Waals surface area (Å²) in [6, 6.07) is 0. The zero-order valence-electron chi connectivity index (χ0n) is 8.92. The van der Waals surface area contributed by atoms with Crippen LogP contribution in [0.1, 0.15) is 50.4 Å². The van der Waals surface area contributed by atoms with E-state index in [2.05, 4.69) is 19.0 Å². The standard InChI is InChI=1S/C11H18N2O/c1-3-8-10(14-13-11(8)12)9-6-4-5-7(9)2/h7,9H,3-6H2,1-2H3,(H2,12,13). The van der Waals surface area contributed by atoms with Crippen LogP contribution in [0.15, 0.2) is 4.52 Å². The predicted molar refractivity (Wildman–Crippen MR) is 56.0 cm³/mol. The van der Waals surface area contributed by atoms with Gasteiger partial charge in [0.25, 0.3) is 0 Å². The third kappa shape index (κ3) is 1.41. The molecule has 0 amide bonds. The quantitative estimate of drug-likeness (QED) is 0.787. The van der Waals surface area contributed by atoms with Crippen molar-refractivity contribution in [1.29, 1.82) is 0 Å². The van der Waals surface area contributed by atoms with Crippen LogP contribution in [0.2, 0.25) is 0 Å². The lowest BCUT2D eigenvalue weighted by molar-refractivity contribution is 0.338. The third-order valence-corrected chi connectivity index (χ3v) is 3.40. The molecule has 1 aromatic rings. The maximum absolute atomic E-state index is 5.76. The Bertz CT molecular complexity index is 319. The molecule has 3 heteroatoms. The average Bonchev–Trinajstić information content (AvgIpc) is 2.71. The van der Waals surface area contributed by atoms with E-state index >= 15 is 0 Å². The van der Waals surface area contributed by atoms with Crippen LogP contribution in [0.25, 0.3) is 0 Å². The highest BCUT2D eigenvalue weighted by Crippen LogP contribution is 2.41. The van der Waals surface area contributed by atoms with Gasteiger partial charge in [0.15, 0.2) is 5.82 Å². The van der Waals surface area contributed by atoms with E-state index in [9.17, 15) is 0 Å². The smallest absolute Gasteiger partial charge is 0.170 e. The third-order valence-electron chi connectivity index (χ3n) is 3.40. The number of nitrogen functional groups attached to an aromatic ring is 1. The van der Waals surface area contributed by atoms with Gasteiger partial charge in [0.05, 0.1) is 0 Å². The molecule has 1 aliphatic carbocycles. The summed E-state index contributed by atoms with van der Waals surface area (Å²) in [5, 5.41) is 3.87. The first-order chi connectivity index (χ1) is 6.74. The molecular formula is C11H18N2O. The van der Waals surface area contributed by atoms with Gasteiger partial charge in [-0.1, -0.05) is 25.4 Å². The van der Waals surface area contributed by atoms with E-state index in [1.54, 1.807) is 0 Å². The Morgan fingerprint density at radius 1 is 1.50 bits per heavy atom. The first-order valence-corrected chi connectivity index (χ1v) is 5.48. The van der Waals surface area contributed by atoms with Gasteiger partial charge >= 0.3 is 0 Å². The van der Waals surface area contributed by atoms with Crippen LogP contribution in [0, 0.1) is 5.92 Å². The van der Waals surface area contributed by atoms with E-state index in [1.165, 1.54) is 19.3 Å². The van der Waals surface area contributed by atoms with Gasteiger partial charge in [0.2, 0.25) is 0 Å². The molecule has 1 aromatic heterocycles. The Kier molecular flexibility index (Phi) is 2.48. The van der Waals surface area contributed by atoms with Crippen molar-refractivity contribution in [1.82, 2.24) is 5.16 Å². The van der Waals surface area contributed by atoms with Gasteiger partial charge < -0.3 is 10.3 Å². The number of nitrogens with zero attached hydrogens (tertiary/aromatic N) is 1. The minimum Gasteiger partial charge on any atom is -0.381 e. The van der Waals surface area contributed by atoms with Crippen molar-refractivity contribution in [3.05, 3.63) is 11.3 Å². The Morgan fingerprint density at radius 2 is 2.29 bits per heavy atom. The maximum Gasteiger partial charge on any atom is 0.170 e. The van der Waals surface area contributed by atoms with Crippen molar-refractivity contribution < 1.29 is 4.52 Å². The number of anilines is 1. The minimum absolute atomic E-state index is 0.551. The highest BCUT2D eigenvalue weighted by molar-refractivity contribution is 5.41. The summed E-state index contributed by atoms with van der Waals surface area (Å²) >= 11 is 0. The lowest BCUT2D eigenvalue weighted by Gasteiger charge is -2.12. The van der Waals surface area contributed by atoms with Crippen molar-refractivity contribution in [2.75, 3.05) is 5.73 Å². The van der Waals surface area contributed by atoms with Crippen LogP contribution in [0.4, 0.5) is 5.82 Å². The Balaban J connectivity index is 2.30. The summed E-state index contributed by atoms with van der Waals surface area (Å²) in [5.41, 5.74) is 6.89. The Hall–Kier alpha value is -0.990. The zero-order chi connectivity index (χ0) is 10.1. The van der Waals surface area contributed by atoms with Crippen LogP contribution in [0.3, 0.4) is 0 Å². The molecule has 1 fully saturated rings. The molecule has 2 rings (SSSR count). The van der Waals surface area contributed by atoms with Crippen LogP contribution in [-0.4, -0.2) is 5.16 Å². The molecule has 0 saturated heterocycles. The normalized spacial score (nSPS) is 27.0. The second-order valence-electron chi connectivity index (χ2n) is 4.28. The van der Waals surface area contributed by atoms with Gasteiger partial charge in [0.1, 0.15) is 5.76 Å². The topological polar surface area (TPSA) is 52.0 Å². The lowest BCUT2D eigenvalue weighted by Crippen LogP contribution is -2.04. The summed E-state index contributed by atoms with van der Waals surface area (Å²) in [6.07, 6.45) is 4.75. The summed E-state index contributed by atoms with van der Waals surface area (Å²) in [4.78, 5) is 0. The molecule has 2 atom stereocenters. The van der Waals surface area contributed by atoms with Crippen molar-refractivity contribution >= 4 is 5.82 Å². The maximum atomic E-state index is 5.76. The van der Waals surface area contributed by atoms with Crippen LogP contribution < -0.4 is 5.73 Å². The predicted octanol–water partition coefficient (Wildman–Crippen LogP) is 2.72. The van der Waals surface area contributed by atoms with Gasteiger partial charge in [-0.2, -0.15) is 0 Å². The fourth-order valence-electron chi connectivity index (χ4n) is 2.52. The van der Waals surface area contributed by atoms with E-state index in [4.69, 9.17) is 10.3 Å². The molecule has 0 aliphatic heterocycles. The van der Waals surface area contributed by atoms with Crippen molar-refractivity contribution in [2.45, 2.75) is 45.4 Å². The average molecular weight is 194 g/mol. The molecule has 2 unspecified atom stereocenters. The number of hydrogen-bond donors (Lipinski definition) is 1. The van der Waals surface area contributed by atoms with Gasteiger partial charge in [-0.15, -0.1) is 0 Å². The van der Waals surface area contributed by atoms with E-state index in [-0.39, 0.29) is 0 Å². The van der Waals surface area contributed by atoms with E-state index in [1.807, 2.05) is 0 Å². The molecule has 0 aromatic carbocycles. The molecule has 0 spiro atoms. The van der Waals surface area contributed by atoms with Crippen molar-refractivity contribution in [3.8, 4) is 0 Å². The first-order valence-electron chi connectivity index (χ1n) is 5.48. The summed E-state index contributed by atoms with van der Waals surface area (Å²) in [5.74, 6) is 2.90. The summed E-state index contributed by atoms with van der Waals surface area (Å²) < 4.78 is 5.37. The second-order valence-corrected chi connectivity index (χ2v) is 4.28. The number of hydrogen-bond acceptors (Lipinski definition) is 3. The van der Waals surface area contributed by atoms with Crippen LogP contribution in [0.5, 0.6) is 0 Å². The van der Waals surface area contributed by atoms with Crippen LogP contribution >= 0.6 is 0 Å². The van der Waals surface area contributed by atoms with Crippen molar-refractivity contribution in [2.24, 2.45) is 5.92 Å². The Labute approximate surface area is 84.7 Å². The Morgan fingerprint density at radius 3 is 2.86 bits per heavy atom. The monoisotopic (exact) mass is 194 g/mol. The zero-order valence-corrected chi connectivity index (χ0v) is 8.92. The number of rotatable bonds is 2. The van der Waals surface area contributed by atoms with Gasteiger partial charge in [-0.25, -0.2) is 0 Å². The molecular weight excluding hydrogens is 176 g/mol. The molecule has 1 saturated carbocycles. The molecule has 0 radical (unpaired) electrons. The molecule has 3 nitrogen and oxygen atoms in total. The highest BCUT2D eigenvalue weighted by Gasteiger charge is 2.30.